The van der Waals surface area contributed by atoms with E-state index in [2.05, 4.69) is 27.6 Å². The fourth-order valence-corrected chi connectivity index (χ4v) is 4.44. The fraction of sp³-hybridized carbons (Fsp3) is 0.192. The number of para-hydroxylation sites is 1. The molecule has 4 rings (SSSR count). The van der Waals surface area contributed by atoms with E-state index in [1.54, 1.807) is 7.11 Å². The lowest BCUT2D eigenvalue weighted by Crippen LogP contribution is -2.27. The molecule has 0 atom stereocenters. The Balaban J connectivity index is 1.42. The maximum absolute atomic E-state index is 12.5. The zero-order valence-corrected chi connectivity index (χ0v) is 20.4. The standard InChI is InChI=1S/C26H25ClN4O2S/c1-33-23-10-6-5-9-20(23)15-16-28-24(32)18-34-26-30-29-25(21-11-13-22(27)14-12-21)31(26)17-19-7-3-2-4-8-19/h2-14H,15-18H2,1H3,(H,28,32). The minimum absolute atomic E-state index is 0.0535. The van der Waals surface area contributed by atoms with Crippen molar-refractivity contribution in [1.82, 2.24) is 20.1 Å². The number of methoxy groups -OCH3 is 1. The molecule has 1 amide bonds. The number of carbonyl (C=O) groups is 1. The Morgan fingerprint density at radius 2 is 1.74 bits per heavy atom. The third-order valence-electron chi connectivity index (χ3n) is 5.24. The molecular formula is C26H25ClN4O2S. The fourth-order valence-electron chi connectivity index (χ4n) is 3.54. The third kappa shape index (κ3) is 6.18. The van der Waals surface area contributed by atoms with E-state index >= 15 is 0 Å². The molecule has 0 bridgehead atoms. The van der Waals surface area contributed by atoms with Crippen LogP contribution in [0.25, 0.3) is 11.4 Å². The number of carbonyl (C=O) groups excluding carboxylic acids is 1. The summed E-state index contributed by atoms with van der Waals surface area (Å²) >= 11 is 7.43. The Hall–Kier alpha value is -3.29. The van der Waals surface area contributed by atoms with Gasteiger partial charge in [0.05, 0.1) is 19.4 Å². The first-order valence-corrected chi connectivity index (χ1v) is 12.2. The van der Waals surface area contributed by atoms with E-state index in [1.165, 1.54) is 11.8 Å². The van der Waals surface area contributed by atoms with Gasteiger partial charge in [0.25, 0.3) is 0 Å². The third-order valence-corrected chi connectivity index (χ3v) is 6.46. The van der Waals surface area contributed by atoms with Crippen molar-refractivity contribution in [3.8, 4) is 17.1 Å². The molecule has 174 valence electrons. The molecule has 0 aliphatic carbocycles. The molecule has 0 spiro atoms. The number of thioether (sulfide) groups is 1. The van der Waals surface area contributed by atoms with Gasteiger partial charge in [0.15, 0.2) is 11.0 Å². The smallest absolute Gasteiger partial charge is 0.230 e. The molecule has 3 aromatic carbocycles. The van der Waals surface area contributed by atoms with E-state index in [0.717, 1.165) is 28.3 Å². The van der Waals surface area contributed by atoms with Crippen molar-refractivity contribution in [2.75, 3.05) is 19.4 Å². The Morgan fingerprint density at radius 3 is 2.50 bits per heavy atom. The summed E-state index contributed by atoms with van der Waals surface area (Å²) in [6.07, 6.45) is 0.700. The Morgan fingerprint density at radius 1 is 1.00 bits per heavy atom. The van der Waals surface area contributed by atoms with Crippen molar-refractivity contribution < 1.29 is 9.53 Å². The van der Waals surface area contributed by atoms with Gasteiger partial charge >= 0.3 is 0 Å². The lowest BCUT2D eigenvalue weighted by atomic mass is 10.1. The molecule has 34 heavy (non-hydrogen) atoms. The summed E-state index contributed by atoms with van der Waals surface area (Å²) in [5.41, 5.74) is 3.11. The first-order chi connectivity index (χ1) is 16.6. The second kappa shape index (κ2) is 11.7. The highest BCUT2D eigenvalue weighted by atomic mass is 35.5. The number of ether oxygens (including phenoxy) is 1. The van der Waals surface area contributed by atoms with Crippen molar-refractivity contribution >= 4 is 29.3 Å². The van der Waals surface area contributed by atoms with E-state index in [9.17, 15) is 4.79 Å². The molecule has 0 aliphatic heterocycles. The quantitative estimate of drug-likeness (QED) is 0.312. The minimum Gasteiger partial charge on any atom is -0.496 e. The van der Waals surface area contributed by atoms with Crippen LogP contribution in [0.3, 0.4) is 0 Å². The lowest BCUT2D eigenvalue weighted by Gasteiger charge is -2.11. The monoisotopic (exact) mass is 492 g/mol. The number of hydrogen-bond acceptors (Lipinski definition) is 5. The predicted octanol–water partition coefficient (Wildman–Crippen LogP) is 5.11. The number of halogens is 1. The summed E-state index contributed by atoms with van der Waals surface area (Å²) in [4.78, 5) is 12.5. The lowest BCUT2D eigenvalue weighted by molar-refractivity contribution is -0.118. The van der Waals surface area contributed by atoms with Gasteiger partial charge in [0.2, 0.25) is 5.91 Å². The summed E-state index contributed by atoms with van der Waals surface area (Å²) < 4.78 is 7.41. The summed E-state index contributed by atoms with van der Waals surface area (Å²) in [5.74, 6) is 1.76. The highest BCUT2D eigenvalue weighted by molar-refractivity contribution is 7.99. The minimum atomic E-state index is -0.0535. The molecule has 4 aromatic rings. The van der Waals surface area contributed by atoms with Crippen molar-refractivity contribution in [2.24, 2.45) is 0 Å². The highest BCUT2D eigenvalue weighted by Gasteiger charge is 2.16. The molecule has 1 N–H and O–H groups in total. The average molecular weight is 493 g/mol. The van der Waals surface area contributed by atoms with Crippen molar-refractivity contribution in [3.05, 3.63) is 95.0 Å². The summed E-state index contributed by atoms with van der Waals surface area (Å²) in [6, 6.07) is 25.5. The highest BCUT2D eigenvalue weighted by Crippen LogP contribution is 2.26. The topological polar surface area (TPSA) is 69.0 Å². The largest absolute Gasteiger partial charge is 0.496 e. The van der Waals surface area contributed by atoms with Gasteiger partial charge in [-0.1, -0.05) is 71.9 Å². The second-order valence-corrected chi connectivity index (χ2v) is 8.96. The van der Waals surface area contributed by atoms with Gasteiger partial charge in [0.1, 0.15) is 5.75 Å². The van der Waals surface area contributed by atoms with E-state index in [0.29, 0.717) is 29.7 Å². The van der Waals surface area contributed by atoms with Crippen molar-refractivity contribution in [2.45, 2.75) is 18.1 Å². The number of aromatic nitrogens is 3. The summed E-state index contributed by atoms with van der Waals surface area (Å²) in [6.45, 7) is 1.13. The second-order valence-electron chi connectivity index (χ2n) is 7.59. The molecule has 0 saturated heterocycles. The maximum Gasteiger partial charge on any atom is 0.230 e. The number of rotatable bonds is 10. The van der Waals surface area contributed by atoms with Crippen molar-refractivity contribution in [3.63, 3.8) is 0 Å². The average Bonchev–Trinajstić information content (AvgIpc) is 3.26. The van der Waals surface area contributed by atoms with Gasteiger partial charge in [-0.2, -0.15) is 0 Å². The van der Waals surface area contributed by atoms with Gasteiger partial charge in [-0.05, 0) is 47.9 Å². The zero-order valence-electron chi connectivity index (χ0n) is 18.8. The first-order valence-electron chi connectivity index (χ1n) is 10.9. The van der Waals surface area contributed by atoms with Crippen LogP contribution in [0, 0.1) is 0 Å². The first kappa shape index (κ1) is 23.9. The molecule has 0 unspecified atom stereocenters. The molecule has 0 radical (unpaired) electrons. The number of benzene rings is 3. The maximum atomic E-state index is 12.5. The van der Waals surface area contributed by atoms with Gasteiger partial charge < -0.3 is 10.1 Å². The van der Waals surface area contributed by atoms with Crippen LogP contribution in [0.2, 0.25) is 5.02 Å². The zero-order chi connectivity index (χ0) is 23.8. The Labute approximate surface area is 208 Å². The molecule has 0 aliphatic rings. The van der Waals surface area contributed by atoms with Crippen LogP contribution in [-0.2, 0) is 17.8 Å². The van der Waals surface area contributed by atoms with E-state index in [-0.39, 0.29) is 11.7 Å². The summed E-state index contributed by atoms with van der Waals surface area (Å²) in [7, 11) is 1.65. The molecule has 0 fully saturated rings. The van der Waals surface area contributed by atoms with Gasteiger partial charge in [-0.25, -0.2) is 0 Å². The molecule has 1 aromatic heterocycles. The van der Waals surface area contributed by atoms with Crippen LogP contribution < -0.4 is 10.1 Å². The van der Waals surface area contributed by atoms with E-state index in [1.807, 2.05) is 71.3 Å². The number of nitrogens with one attached hydrogen (secondary N) is 1. The van der Waals surface area contributed by atoms with Crippen LogP contribution in [0.1, 0.15) is 11.1 Å². The Bertz CT molecular complexity index is 1230. The SMILES string of the molecule is COc1ccccc1CCNC(=O)CSc1nnc(-c2ccc(Cl)cc2)n1Cc1ccccc1. The summed E-state index contributed by atoms with van der Waals surface area (Å²) in [5, 5.41) is 13.1. The molecule has 8 heteroatoms. The predicted molar refractivity (Wildman–Crippen MR) is 136 cm³/mol. The molecular weight excluding hydrogens is 468 g/mol. The molecule has 1 heterocycles. The van der Waals surface area contributed by atoms with Crippen LogP contribution in [0.4, 0.5) is 0 Å². The van der Waals surface area contributed by atoms with E-state index in [4.69, 9.17) is 16.3 Å². The van der Waals surface area contributed by atoms with Gasteiger partial charge in [-0.3, -0.25) is 9.36 Å². The van der Waals surface area contributed by atoms with E-state index < -0.39 is 0 Å². The molecule has 6 nitrogen and oxygen atoms in total. The van der Waals surface area contributed by atoms with Crippen LogP contribution in [0.15, 0.2) is 84.0 Å². The molecule has 0 saturated carbocycles. The van der Waals surface area contributed by atoms with Crippen LogP contribution in [0.5, 0.6) is 5.75 Å². The van der Waals surface area contributed by atoms with Crippen LogP contribution >= 0.6 is 23.4 Å². The number of amides is 1. The van der Waals surface area contributed by atoms with Gasteiger partial charge in [-0.15, -0.1) is 10.2 Å². The van der Waals surface area contributed by atoms with Crippen molar-refractivity contribution in [1.29, 1.82) is 0 Å². The number of nitrogens with zero attached hydrogens (tertiary/aromatic N) is 3. The van der Waals surface area contributed by atoms with Gasteiger partial charge in [0, 0.05) is 17.1 Å². The Kier molecular flexibility index (Phi) is 8.22. The van der Waals surface area contributed by atoms with Crippen LogP contribution in [-0.4, -0.2) is 40.1 Å². The normalized spacial score (nSPS) is 10.8. The number of hydrogen-bond donors (Lipinski definition) is 1.